The van der Waals surface area contributed by atoms with Gasteiger partial charge in [-0.05, 0) is 30.0 Å². The Labute approximate surface area is 99.9 Å². The van der Waals surface area contributed by atoms with Crippen LogP contribution in [0.2, 0.25) is 0 Å². The summed E-state index contributed by atoms with van der Waals surface area (Å²) in [5.74, 6) is 0.563. The van der Waals surface area contributed by atoms with Gasteiger partial charge in [0.05, 0.1) is 0 Å². The molecule has 1 heterocycles. The maximum Gasteiger partial charge on any atom is 0.268 e. The van der Waals surface area contributed by atoms with Gasteiger partial charge < -0.3 is 4.74 Å². The molecule has 2 rings (SSSR count). The molecular formula is C8H6BrNO3S2. The van der Waals surface area contributed by atoms with Crippen LogP contribution in [-0.2, 0) is 10.0 Å². The van der Waals surface area contributed by atoms with E-state index in [-0.39, 0.29) is 10.3 Å². The Kier molecular flexibility index (Phi) is 3.03. The average molecular weight is 308 g/mol. The fourth-order valence-electron chi connectivity index (χ4n) is 0.971. The maximum atomic E-state index is 11.0. The van der Waals surface area contributed by atoms with Crippen molar-refractivity contribution in [1.29, 1.82) is 0 Å². The zero-order chi connectivity index (χ0) is 10.9. The third-order valence-electron chi connectivity index (χ3n) is 1.55. The van der Waals surface area contributed by atoms with Crippen LogP contribution in [0, 0.1) is 0 Å². The number of benzene rings is 1. The number of sulfonamides is 1. The van der Waals surface area contributed by atoms with E-state index in [4.69, 9.17) is 4.74 Å². The molecule has 0 N–H and O–H groups in total. The summed E-state index contributed by atoms with van der Waals surface area (Å²) in [7, 11) is -3.31. The van der Waals surface area contributed by atoms with Crippen LogP contribution >= 0.6 is 27.7 Å². The van der Waals surface area contributed by atoms with Crippen molar-refractivity contribution in [2.24, 2.45) is 4.40 Å². The Morgan fingerprint density at radius 1 is 1.47 bits per heavy atom. The van der Waals surface area contributed by atoms with Crippen LogP contribution in [0.4, 0.5) is 0 Å². The highest BCUT2D eigenvalue weighted by molar-refractivity contribution is 9.10. The second-order valence-corrected chi connectivity index (χ2v) is 6.60. The molecular weight excluding hydrogens is 302 g/mol. The number of rotatable bonds is 1. The lowest BCUT2D eigenvalue weighted by Gasteiger charge is -2.02. The lowest BCUT2D eigenvalue weighted by Crippen LogP contribution is -2.00. The molecule has 0 amide bonds. The predicted octanol–water partition coefficient (Wildman–Crippen LogP) is 2.22. The summed E-state index contributed by atoms with van der Waals surface area (Å²) in [4.78, 5) is 0. The van der Waals surface area contributed by atoms with Crippen molar-refractivity contribution in [3.8, 4) is 5.75 Å². The molecule has 7 heteroatoms. The van der Waals surface area contributed by atoms with E-state index in [1.54, 1.807) is 18.2 Å². The first kappa shape index (κ1) is 11.0. The molecule has 0 fully saturated rings. The van der Waals surface area contributed by atoms with Crippen LogP contribution in [0.25, 0.3) is 0 Å². The summed E-state index contributed by atoms with van der Waals surface area (Å²) in [5.41, 5.74) is 0. The van der Waals surface area contributed by atoms with Crippen molar-refractivity contribution in [2.75, 3.05) is 5.08 Å². The first-order valence-electron chi connectivity index (χ1n) is 3.94. The molecule has 1 aliphatic heterocycles. The Bertz CT molecular complexity index is 512. The largest absolute Gasteiger partial charge is 0.433 e. The van der Waals surface area contributed by atoms with Gasteiger partial charge in [-0.3, -0.25) is 0 Å². The molecule has 0 radical (unpaired) electrons. The van der Waals surface area contributed by atoms with Crippen molar-refractivity contribution in [1.82, 2.24) is 0 Å². The normalized spacial score (nSPS) is 18.6. The lowest BCUT2D eigenvalue weighted by molar-refractivity contribution is 0.565. The van der Waals surface area contributed by atoms with Crippen molar-refractivity contribution < 1.29 is 13.2 Å². The smallest absolute Gasteiger partial charge is 0.268 e. The minimum Gasteiger partial charge on any atom is -0.433 e. The van der Waals surface area contributed by atoms with E-state index in [0.717, 1.165) is 16.2 Å². The molecule has 0 atom stereocenters. The summed E-state index contributed by atoms with van der Waals surface area (Å²) >= 11 is 4.36. The Morgan fingerprint density at radius 2 is 2.27 bits per heavy atom. The molecule has 1 aromatic carbocycles. The van der Waals surface area contributed by atoms with Gasteiger partial charge in [0.1, 0.15) is 10.8 Å². The first-order valence-corrected chi connectivity index (χ1v) is 7.33. The monoisotopic (exact) mass is 307 g/mol. The minimum atomic E-state index is -3.31. The van der Waals surface area contributed by atoms with E-state index in [2.05, 4.69) is 20.3 Å². The molecule has 1 aromatic rings. The van der Waals surface area contributed by atoms with E-state index in [1.807, 2.05) is 6.07 Å². The number of hydrogen-bond acceptors (Lipinski definition) is 4. The summed E-state index contributed by atoms with van der Waals surface area (Å²) < 4.78 is 31.6. The Morgan fingerprint density at radius 3 is 2.87 bits per heavy atom. The van der Waals surface area contributed by atoms with Crippen LogP contribution in [0.5, 0.6) is 5.75 Å². The molecule has 0 aromatic heterocycles. The summed E-state index contributed by atoms with van der Waals surface area (Å²) in [6.07, 6.45) is 0. The van der Waals surface area contributed by atoms with Crippen molar-refractivity contribution in [3.63, 3.8) is 0 Å². The topological polar surface area (TPSA) is 55.7 Å². The molecule has 15 heavy (non-hydrogen) atoms. The highest BCUT2D eigenvalue weighted by Crippen LogP contribution is 2.24. The van der Waals surface area contributed by atoms with Gasteiger partial charge in [-0.1, -0.05) is 22.0 Å². The fourth-order valence-corrected chi connectivity index (χ4v) is 3.53. The van der Waals surface area contributed by atoms with Crippen LogP contribution in [0.1, 0.15) is 0 Å². The molecule has 0 aliphatic carbocycles. The van der Waals surface area contributed by atoms with Crippen LogP contribution in [-0.4, -0.2) is 18.7 Å². The summed E-state index contributed by atoms with van der Waals surface area (Å²) in [6.45, 7) is 0. The number of thioether (sulfide) groups is 1. The summed E-state index contributed by atoms with van der Waals surface area (Å²) in [5, 5.41) is 0.129. The van der Waals surface area contributed by atoms with Gasteiger partial charge in [-0.25, -0.2) is 8.42 Å². The number of nitrogens with zero attached hydrogens (tertiary/aromatic N) is 1. The van der Waals surface area contributed by atoms with Gasteiger partial charge in [0.2, 0.25) is 0 Å². The fraction of sp³-hybridized carbons (Fsp3) is 0.125. The van der Waals surface area contributed by atoms with Crippen LogP contribution < -0.4 is 4.74 Å². The predicted molar refractivity (Wildman–Crippen MR) is 63.6 cm³/mol. The van der Waals surface area contributed by atoms with Gasteiger partial charge in [0.15, 0.2) is 0 Å². The molecule has 0 spiro atoms. The zero-order valence-corrected chi connectivity index (χ0v) is 10.6. The number of halogens is 1. The van der Waals surface area contributed by atoms with Gasteiger partial charge in [0, 0.05) is 4.47 Å². The van der Waals surface area contributed by atoms with E-state index in [1.165, 1.54) is 0 Å². The van der Waals surface area contributed by atoms with Crippen LogP contribution in [0.15, 0.2) is 33.1 Å². The third kappa shape index (κ3) is 2.96. The molecule has 0 saturated heterocycles. The van der Waals surface area contributed by atoms with E-state index < -0.39 is 10.0 Å². The SMILES string of the molecule is O=S1(=O)CSC(Oc2cccc(Br)c2)=N1. The van der Waals surface area contributed by atoms with E-state index >= 15 is 0 Å². The van der Waals surface area contributed by atoms with Gasteiger partial charge in [0.25, 0.3) is 15.3 Å². The number of hydrogen-bond donors (Lipinski definition) is 0. The second kappa shape index (κ2) is 4.15. The van der Waals surface area contributed by atoms with Crippen molar-refractivity contribution >= 4 is 42.9 Å². The van der Waals surface area contributed by atoms with Crippen molar-refractivity contribution in [3.05, 3.63) is 28.7 Å². The highest BCUT2D eigenvalue weighted by atomic mass is 79.9. The molecule has 0 unspecified atom stereocenters. The van der Waals surface area contributed by atoms with E-state index in [0.29, 0.717) is 5.75 Å². The van der Waals surface area contributed by atoms with Crippen molar-refractivity contribution in [2.45, 2.75) is 0 Å². The van der Waals surface area contributed by atoms with Gasteiger partial charge in [-0.2, -0.15) is 0 Å². The van der Waals surface area contributed by atoms with Crippen LogP contribution in [0.3, 0.4) is 0 Å². The first-order chi connectivity index (χ1) is 7.05. The molecule has 4 nitrogen and oxygen atoms in total. The molecule has 0 bridgehead atoms. The average Bonchev–Trinajstić information content (AvgIpc) is 2.45. The molecule has 80 valence electrons. The summed E-state index contributed by atoms with van der Waals surface area (Å²) in [6, 6.07) is 7.13. The zero-order valence-electron chi connectivity index (χ0n) is 7.38. The quantitative estimate of drug-likeness (QED) is 0.798. The second-order valence-electron chi connectivity index (χ2n) is 2.76. The third-order valence-corrected chi connectivity index (χ3v) is 4.68. The molecule has 0 saturated carbocycles. The lowest BCUT2D eigenvalue weighted by atomic mass is 10.3. The molecule has 1 aliphatic rings. The minimum absolute atomic E-state index is 0.0453. The van der Waals surface area contributed by atoms with Gasteiger partial charge in [-0.15, -0.1) is 4.40 Å². The Hall–Kier alpha value is -0.530. The number of ether oxygens (including phenoxy) is 1. The highest BCUT2D eigenvalue weighted by Gasteiger charge is 2.22. The van der Waals surface area contributed by atoms with E-state index in [9.17, 15) is 8.42 Å². The Balaban J connectivity index is 2.17. The van der Waals surface area contributed by atoms with Gasteiger partial charge >= 0.3 is 0 Å². The standard InChI is InChI=1S/C8H6BrNO3S2/c9-6-2-1-3-7(4-6)13-8-10-15(11,12)5-14-8/h1-4H,5H2. The maximum absolute atomic E-state index is 11.0.